The van der Waals surface area contributed by atoms with Crippen molar-refractivity contribution >= 4 is 5.69 Å². The van der Waals surface area contributed by atoms with Gasteiger partial charge in [-0.2, -0.15) is 0 Å². The number of rotatable bonds is 2. The van der Waals surface area contributed by atoms with Gasteiger partial charge in [-0.25, -0.2) is 0 Å². The Balaban J connectivity index is 0. The molecule has 70 valence electrons. The molecule has 1 aromatic carbocycles. The van der Waals surface area contributed by atoms with Gasteiger partial charge in [-0.05, 0) is 26.0 Å². The normalized spacial score (nSPS) is 11.6. The van der Waals surface area contributed by atoms with E-state index in [1.165, 1.54) is 5.56 Å². The third-order valence-electron chi connectivity index (χ3n) is 1.43. The van der Waals surface area contributed by atoms with E-state index in [0.717, 1.165) is 5.69 Å². The second kappa shape index (κ2) is 4.78. The Hall–Kier alpha value is -1.02. The number of benzene rings is 1. The van der Waals surface area contributed by atoms with Gasteiger partial charge >= 0.3 is 0 Å². The number of aliphatic hydroxyl groups excluding tert-OH is 1. The lowest BCUT2D eigenvalue weighted by Gasteiger charge is -2.08. The fraction of sp³-hybridized carbons (Fsp3) is 0.400. The molecule has 0 aliphatic rings. The maximum absolute atomic E-state index is 8.96. The van der Waals surface area contributed by atoms with Crippen molar-refractivity contribution in [1.82, 2.24) is 0 Å². The highest BCUT2D eigenvalue weighted by molar-refractivity contribution is 5.44. The number of nitrogens with one attached hydrogen (secondary N) is 1. The number of aliphatic hydroxyl groups is 1. The van der Waals surface area contributed by atoms with Crippen LogP contribution in [0.3, 0.4) is 0 Å². The van der Waals surface area contributed by atoms with Gasteiger partial charge in [0, 0.05) is 7.11 Å². The number of anilines is 1. The summed E-state index contributed by atoms with van der Waals surface area (Å²) in [5.41, 5.74) is 2.17. The molecule has 1 unspecified atom stereocenters. The summed E-state index contributed by atoms with van der Waals surface area (Å²) >= 11 is 0. The second-order valence-electron chi connectivity index (χ2n) is 2.69. The van der Waals surface area contributed by atoms with Crippen LogP contribution in [0.2, 0.25) is 0 Å². The van der Waals surface area contributed by atoms with Gasteiger partial charge in [0.15, 0.2) is 0 Å². The highest BCUT2D eigenvalue weighted by atomic mass is 16.3. The van der Waals surface area contributed by atoms with E-state index in [-0.39, 0.29) is 8.85 Å². The van der Waals surface area contributed by atoms with Gasteiger partial charge in [0.25, 0.3) is 0 Å². The van der Waals surface area contributed by atoms with Gasteiger partial charge in [-0.3, -0.25) is 0 Å². The average Bonchev–Trinajstić information content (AvgIpc) is 1.93. The van der Waals surface area contributed by atoms with Crippen LogP contribution in [0.5, 0.6) is 0 Å². The molecule has 0 aromatic heterocycles. The lowest BCUT2D eigenvalue weighted by molar-refractivity contribution is 0.224. The van der Waals surface area contributed by atoms with Gasteiger partial charge in [-0.1, -0.05) is 25.1 Å². The molecule has 2 nitrogen and oxygen atoms in total. The second-order valence-corrected chi connectivity index (χ2v) is 2.69. The van der Waals surface area contributed by atoms with Crippen LogP contribution in [-0.4, -0.2) is 11.3 Å². The summed E-state index contributed by atoms with van der Waals surface area (Å²) in [6.45, 7) is 3.73. The summed E-state index contributed by atoms with van der Waals surface area (Å²) in [5, 5.41) is 11.9. The summed E-state index contributed by atoms with van der Waals surface area (Å²) in [5.74, 6) is 0. The van der Waals surface area contributed by atoms with Gasteiger partial charge in [0.1, 0.15) is 6.23 Å². The Kier molecular flexibility index (Phi) is 4.37. The van der Waals surface area contributed by atoms with Gasteiger partial charge in [-0.15, -0.1) is 0 Å². The first kappa shape index (κ1) is 11.0. The standard InChI is InChI=1S/C9H13NO.CH4.H2/c1-7-3-5-9(6-4-7)10-8(2)11;;/h3-6,8,10-11H,1-2H3;1H4;1H. The maximum atomic E-state index is 8.96. The Labute approximate surface area is 75.7 Å². The molecule has 0 bridgehead atoms. The van der Waals surface area contributed by atoms with E-state index >= 15 is 0 Å². The van der Waals surface area contributed by atoms with Crippen LogP contribution in [0.15, 0.2) is 24.3 Å². The monoisotopic (exact) mass is 169 g/mol. The summed E-state index contributed by atoms with van der Waals surface area (Å²) in [4.78, 5) is 0. The minimum atomic E-state index is -0.488. The number of hydrogen-bond donors (Lipinski definition) is 2. The largest absolute Gasteiger partial charge is 0.374 e. The third kappa shape index (κ3) is 3.39. The zero-order valence-electron chi connectivity index (χ0n) is 6.83. The summed E-state index contributed by atoms with van der Waals surface area (Å²) < 4.78 is 0. The van der Waals surface area contributed by atoms with Crippen LogP contribution in [0.25, 0.3) is 0 Å². The van der Waals surface area contributed by atoms with Crippen molar-refractivity contribution in [2.24, 2.45) is 0 Å². The molecule has 0 saturated heterocycles. The van der Waals surface area contributed by atoms with E-state index in [2.05, 4.69) is 5.32 Å². The van der Waals surface area contributed by atoms with Crippen LogP contribution in [0.1, 0.15) is 21.3 Å². The molecule has 0 spiro atoms. The van der Waals surface area contributed by atoms with Crippen LogP contribution in [0, 0.1) is 6.92 Å². The van der Waals surface area contributed by atoms with Gasteiger partial charge in [0.05, 0.1) is 0 Å². The molecule has 1 atom stereocenters. The molecule has 0 heterocycles. The highest BCUT2D eigenvalue weighted by Crippen LogP contribution is 2.08. The Morgan fingerprint density at radius 2 is 1.83 bits per heavy atom. The van der Waals surface area contributed by atoms with Crippen molar-refractivity contribution in [3.8, 4) is 0 Å². The van der Waals surface area contributed by atoms with Crippen molar-refractivity contribution in [1.29, 1.82) is 0 Å². The van der Waals surface area contributed by atoms with E-state index in [1.54, 1.807) is 6.92 Å². The first-order valence-corrected chi connectivity index (χ1v) is 3.70. The topological polar surface area (TPSA) is 32.3 Å². The number of aryl methyl sites for hydroxylation is 1. The predicted molar refractivity (Wildman–Crippen MR) is 55.3 cm³/mol. The molecule has 0 fully saturated rings. The molecular formula is C10H19NO. The molecule has 2 N–H and O–H groups in total. The Morgan fingerprint density at radius 3 is 2.25 bits per heavy atom. The minimum absolute atomic E-state index is 0. The zero-order valence-corrected chi connectivity index (χ0v) is 6.83. The van der Waals surface area contributed by atoms with E-state index in [4.69, 9.17) is 5.11 Å². The maximum Gasteiger partial charge on any atom is 0.121 e. The van der Waals surface area contributed by atoms with Gasteiger partial charge in [0.2, 0.25) is 0 Å². The smallest absolute Gasteiger partial charge is 0.121 e. The average molecular weight is 169 g/mol. The Bertz CT molecular complexity index is 221. The molecule has 2 heteroatoms. The van der Waals surface area contributed by atoms with Crippen molar-refractivity contribution < 1.29 is 6.53 Å². The van der Waals surface area contributed by atoms with Crippen molar-refractivity contribution in [3.05, 3.63) is 29.8 Å². The van der Waals surface area contributed by atoms with Crippen molar-refractivity contribution in [2.75, 3.05) is 5.32 Å². The first-order chi connectivity index (χ1) is 5.18. The molecule has 0 aliphatic heterocycles. The van der Waals surface area contributed by atoms with E-state index < -0.39 is 6.23 Å². The summed E-state index contributed by atoms with van der Waals surface area (Å²) in [6, 6.07) is 7.90. The molecule has 1 aromatic rings. The molecular weight excluding hydrogens is 150 g/mol. The molecule has 0 amide bonds. The van der Waals surface area contributed by atoms with E-state index in [0.29, 0.717) is 0 Å². The summed E-state index contributed by atoms with van der Waals surface area (Å²) in [6.07, 6.45) is -0.488. The van der Waals surface area contributed by atoms with Crippen LogP contribution < -0.4 is 5.32 Å². The highest BCUT2D eigenvalue weighted by Gasteiger charge is 1.93. The van der Waals surface area contributed by atoms with Crippen LogP contribution in [-0.2, 0) is 0 Å². The first-order valence-electron chi connectivity index (χ1n) is 3.70. The van der Waals surface area contributed by atoms with E-state index in [1.807, 2.05) is 31.2 Å². The number of hydrogen-bond acceptors (Lipinski definition) is 2. The minimum Gasteiger partial charge on any atom is -0.374 e. The van der Waals surface area contributed by atoms with Crippen molar-refractivity contribution in [3.63, 3.8) is 0 Å². The predicted octanol–water partition coefficient (Wildman–Crippen LogP) is 2.63. The lowest BCUT2D eigenvalue weighted by atomic mass is 10.2. The molecule has 1 rings (SSSR count). The fourth-order valence-corrected chi connectivity index (χ4v) is 0.891. The van der Waals surface area contributed by atoms with Crippen LogP contribution >= 0.6 is 0 Å². The zero-order chi connectivity index (χ0) is 8.27. The molecule has 0 aliphatic carbocycles. The Morgan fingerprint density at radius 1 is 1.33 bits per heavy atom. The van der Waals surface area contributed by atoms with Crippen molar-refractivity contribution in [2.45, 2.75) is 27.5 Å². The SMILES string of the molecule is C.Cc1ccc(NC(C)O)cc1.[HH]. The van der Waals surface area contributed by atoms with Crippen LogP contribution in [0.4, 0.5) is 5.69 Å². The molecule has 0 radical (unpaired) electrons. The fourth-order valence-electron chi connectivity index (χ4n) is 0.891. The third-order valence-corrected chi connectivity index (χ3v) is 1.43. The molecule has 12 heavy (non-hydrogen) atoms. The summed E-state index contributed by atoms with van der Waals surface area (Å²) in [7, 11) is 0. The quantitative estimate of drug-likeness (QED) is 0.667. The van der Waals surface area contributed by atoms with E-state index in [9.17, 15) is 0 Å². The van der Waals surface area contributed by atoms with Gasteiger partial charge < -0.3 is 10.4 Å². The molecule has 0 saturated carbocycles. The lowest BCUT2D eigenvalue weighted by Crippen LogP contribution is -2.12.